The average molecular weight is 368 g/mol. The lowest BCUT2D eigenvalue weighted by Gasteiger charge is -2.20. The van der Waals surface area contributed by atoms with Gasteiger partial charge in [-0.3, -0.25) is 4.79 Å². The highest BCUT2D eigenvalue weighted by Crippen LogP contribution is 2.43. The van der Waals surface area contributed by atoms with Crippen LogP contribution in [-0.4, -0.2) is 35.4 Å². The van der Waals surface area contributed by atoms with Crippen LogP contribution < -0.4 is 0 Å². The fourth-order valence-electron chi connectivity index (χ4n) is 3.77. The Morgan fingerprint density at radius 2 is 2.19 bits per heavy atom. The van der Waals surface area contributed by atoms with Crippen LogP contribution in [0.25, 0.3) is 0 Å². The Kier molecular flexibility index (Phi) is 6.31. The number of ether oxygens (including phenoxy) is 2. The van der Waals surface area contributed by atoms with E-state index >= 15 is 0 Å². The van der Waals surface area contributed by atoms with Crippen molar-refractivity contribution in [3.05, 3.63) is 48.0 Å². The second-order valence-electron chi connectivity index (χ2n) is 6.94. The molecule has 1 saturated heterocycles. The molecule has 0 aromatic heterocycles. The maximum absolute atomic E-state index is 12.4. The molecule has 1 N–H and O–H groups in total. The topological polar surface area (TPSA) is 72.8 Å². The van der Waals surface area contributed by atoms with Gasteiger partial charge in [-0.05, 0) is 25.5 Å². The van der Waals surface area contributed by atoms with Gasteiger partial charge in [-0.25, -0.2) is 4.79 Å². The van der Waals surface area contributed by atoms with Crippen LogP contribution >= 0.6 is 0 Å². The van der Waals surface area contributed by atoms with Crippen molar-refractivity contribution in [1.29, 1.82) is 0 Å². The lowest BCUT2D eigenvalue weighted by Crippen LogP contribution is -2.25. The monoisotopic (exact) mass is 368 g/mol. The van der Waals surface area contributed by atoms with E-state index in [0.29, 0.717) is 31.2 Å². The lowest BCUT2D eigenvalue weighted by atomic mass is 9.91. The van der Waals surface area contributed by atoms with Crippen molar-refractivity contribution in [2.24, 2.45) is 11.8 Å². The zero-order chi connectivity index (χ0) is 19.2. The number of rotatable bonds is 6. The summed E-state index contributed by atoms with van der Waals surface area (Å²) in [7, 11) is 0. The largest absolute Gasteiger partial charge is 0.462 e. The molecule has 1 aliphatic carbocycles. The number of hydrogen-bond donors (Lipinski definition) is 1. The van der Waals surface area contributed by atoms with Gasteiger partial charge in [-0.1, -0.05) is 30.4 Å². The fraction of sp³-hybridized carbons (Fsp3) is 0.455. The van der Waals surface area contributed by atoms with Crippen molar-refractivity contribution < 1.29 is 24.2 Å². The molecule has 142 valence electrons. The molecular formula is C22H24O5. The van der Waals surface area contributed by atoms with Crippen molar-refractivity contribution in [2.75, 3.05) is 0 Å². The molecule has 3 rings (SSSR count). The molecule has 1 aromatic carbocycles. The van der Waals surface area contributed by atoms with Crippen LogP contribution in [0.15, 0.2) is 42.5 Å². The first-order chi connectivity index (χ1) is 13.1. The van der Waals surface area contributed by atoms with E-state index in [1.807, 2.05) is 12.1 Å². The number of hydrogen-bond acceptors (Lipinski definition) is 5. The van der Waals surface area contributed by atoms with Crippen LogP contribution in [0.5, 0.6) is 0 Å². The number of esters is 2. The van der Waals surface area contributed by atoms with Gasteiger partial charge in [0, 0.05) is 24.7 Å². The minimum absolute atomic E-state index is 0.0232. The highest BCUT2D eigenvalue weighted by atomic mass is 16.6. The van der Waals surface area contributed by atoms with Crippen LogP contribution in [-0.2, 0) is 14.3 Å². The van der Waals surface area contributed by atoms with E-state index in [0.717, 1.165) is 0 Å². The van der Waals surface area contributed by atoms with E-state index in [4.69, 9.17) is 9.47 Å². The van der Waals surface area contributed by atoms with Crippen LogP contribution in [0.1, 0.15) is 43.0 Å². The molecule has 1 aromatic rings. The Labute approximate surface area is 159 Å². The molecule has 5 heteroatoms. The average Bonchev–Trinajstić information content (AvgIpc) is 3.16. The lowest BCUT2D eigenvalue weighted by molar-refractivity contribution is -0.141. The molecule has 0 radical (unpaired) electrons. The maximum atomic E-state index is 12.4. The van der Waals surface area contributed by atoms with Gasteiger partial charge in [0.05, 0.1) is 18.1 Å². The minimum Gasteiger partial charge on any atom is -0.462 e. The third-order valence-electron chi connectivity index (χ3n) is 5.12. The fourth-order valence-corrected chi connectivity index (χ4v) is 3.77. The highest BCUT2D eigenvalue weighted by molar-refractivity contribution is 5.89. The maximum Gasteiger partial charge on any atom is 0.338 e. The SMILES string of the molecule is CC#CCC[C@@H](O)C=C[C@@H]1[C@H]2CC(=O)O[C@H]2C[C@H]1OC(=O)c1ccccc1. The van der Waals surface area contributed by atoms with Gasteiger partial charge in [0.25, 0.3) is 0 Å². The van der Waals surface area contributed by atoms with E-state index < -0.39 is 6.10 Å². The summed E-state index contributed by atoms with van der Waals surface area (Å²) in [6.45, 7) is 1.77. The summed E-state index contributed by atoms with van der Waals surface area (Å²) in [5.74, 6) is 4.95. The zero-order valence-corrected chi connectivity index (χ0v) is 15.3. The van der Waals surface area contributed by atoms with Gasteiger partial charge in [0.1, 0.15) is 12.2 Å². The van der Waals surface area contributed by atoms with Gasteiger partial charge in [0.2, 0.25) is 0 Å². The van der Waals surface area contributed by atoms with Crippen molar-refractivity contribution in [3.8, 4) is 11.8 Å². The molecule has 0 bridgehead atoms. The summed E-state index contributed by atoms with van der Waals surface area (Å²) >= 11 is 0. The Morgan fingerprint density at radius 3 is 2.93 bits per heavy atom. The summed E-state index contributed by atoms with van der Waals surface area (Å²) in [4.78, 5) is 24.1. The number of fused-ring (bicyclic) bond motifs is 1. The Bertz CT molecular complexity index is 758. The van der Waals surface area contributed by atoms with Gasteiger partial charge in [-0.2, -0.15) is 0 Å². The van der Waals surface area contributed by atoms with Crippen molar-refractivity contribution >= 4 is 11.9 Å². The second kappa shape index (κ2) is 8.88. The molecule has 2 aliphatic rings. The van der Waals surface area contributed by atoms with Crippen molar-refractivity contribution in [2.45, 2.75) is 50.9 Å². The first-order valence-electron chi connectivity index (χ1n) is 9.30. The third kappa shape index (κ3) is 4.78. The van der Waals surface area contributed by atoms with Gasteiger partial charge < -0.3 is 14.6 Å². The minimum atomic E-state index is -0.617. The zero-order valence-electron chi connectivity index (χ0n) is 15.3. The Balaban J connectivity index is 1.69. The molecule has 0 amide bonds. The molecule has 0 unspecified atom stereocenters. The quantitative estimate of drug-likeness (QED) is 0.475. The molecule has 1 aliphatic heterocycles. The summed E-state index contributed by atoms with van der Waals surface area (Å²) < 4.78 is 11.1. The Morgan fingerprint density at radius 1 is 1.41 bits per heavy atom. The number of carbonyl (C=O) groups excluding carboxylic acids is 2. The summed E-state index contributed by atoms with van der Waals surface area (Å²) in [6, 6.07) is 8.83. The van der Waals surface area contributed by atoms with Crippen molar-refractivity contribution in [1.82, 2.24) is 0 Å². The van der Waals surface area contributed by atoms with Crippen LogP contribution in [0.4, 0.5) is 0 Å². The van der Waals surface area contributed by atoms with E-state index in [2.05, 4.69) is 11.8 Å². The Hall–Kier alpha value is -2.58. The number of carbonyl (C=O) groups is 2. The van der Waals surface area contributed by atoms with E-state index in [1.165, 1.54) is 0 Å². The van der Waals surface area contributed by atoms with E-state index in [1.54, 1.807) is 37.3 Å². The van der Waals surface area contributed by atoms with Crippen molar-refractivity contribution in [3.63, 3.8) is 0 Å². The molecule has 1 heterocycles. The van der Waals surface area contributed by atoms with Crippen LogP contribution in [0.2, 0.25) is 0 Å². The molecule has 5 atom stereocenters. The molecular weight excluding hydrogens is 344 g/mol. The standard InChI is InChI=1S/C22H24O5/c1-2-3-5-10-16(23)11-12-17-18-13-21(24)26-20(18)14-19(17)27-22(25)15-8-6-4-7-9-15/h4,6-9,11-12,16-20,23H,5,10,13-14H2,1H3/t16-,17-,18-,19-,20+/m1/s1. The summed E-state index contributed by atoms with van der Waals surface area (Å²) in [6.07, 6.45) is 4.33. The molecule has 27 heavy (non-hydrogen) atoms. The smallest absolute Gasteiger partial charge is 0.338 e. The first-order valence-corrected chi connectivity index (χ1v) is 9.30. The predicted molar refractivity (Wildman–Crippen MR) is 99.6 cm³/mol. The normalized spacial score (nSPS) is 27.6. The molecule has 0 spiro atoms. The second-order valence-corrected chi connectivity index (χ2v) is 6.94. The van der Waals surface area contributed by atoms with Gasteiger partial charge >= 0.3 is 11.9 Å². The predicted octanol–water partition coefficient (Wildman–Crippen LogP) is 2.88. The van der Waals surface area contributed by atoms with Gasteiger partial charge in [-0.15, -0.1) is 11.8 Å². The summed E-state index contributed by atoms with van der Waals surface area (Å²) in [5, 5.41) is 10.1. The third-order valence-corrected chi connectivity index (χ3v) is 5.12. The summed E-state index contributed by atoms with van der Waals surface area (Å²) in [5.41, 5.74) is 0.493. The number of aliphatic hydroxyl groups is 1. The molecule has 1 saturated carbocycles. The number of benzene rings is 1. The van der Waals surface area contributed by atoms with Gasteiger partial charge in [0.15, 0.2) is 0 Å². The van der Waals surface area contributed by atoms with Crippen LogP contribution in [0.3, 0.4) is 0 Å². The van der Waals surface area contributed by atoms with E-state index in [9.17, 15) is 14.7 Å². The molecule has 2 fully saturated rings. The van der Waals surface area contributed by atoms with Crippen LogP contribution in [0, 0.1) is 23.7 Å². The highest BCUT2D eigenvalue weighted by Gasteiger charge is 2.50. The van der Waals surface area contributed by atoms with E-state index in [-0.39, 0.29) is 36.0 Å². The number of aliphatic hydroxyl groups excluding tert-OH is 1. The molecule has 5 nitrogen and oxygen atoms in total. The first kappa shape index (κ1) is 19.2.